The molecule has 0 aromatic heterocycles. The molecule has 0 aliphatic rings. The molecule has 0 spiro atoms. The van der Waals surface area contributed by atoms with Gasteiger partial charge in [0.2, 0.25) is 0 Å². The predicted molar refractivity (Wildman–Crippen MR) is 93.5 cm³/mol. The fraction of sp³-hybridized carbons (Fsp3) is 0.222. The van der Waals surface area contributed by atoms with Crippen LogP contribution in [-0.2, 0) is 4.79 Å². The number of carboxylic acids is 1. The Balaban J connectivity index is 2.28. The number of benzene rings is 2. The van der Waals surface area contributed by atoms with Gasteiger partial charge in [0, 0.05) is 10.6 Å². The number of nitrogens with one attached hydrogen (secondary N) is 1. The van der Waals surface area contributed by atoms with Crippen molar-refractivity contribution in [3.63, 3.8) is 0 Å². The Bertz CT molecular complexity index is 761. The predicted octanol–water partition coefficient (Wildman–Crippen LogP) is 3.30. The van der Waals surface area contributed by atoms with Gasteiger partial charge in [-0.25, -0.2) is 0 Å². The van der Waals surface area contributed by atoms with E-state index in [2.05, 4.69) is 5.32 Å². The lowest BCUT2D eigenvalue weighted by Crippen LogP contribution is -2.30. The molecule has 0 unspecified atom stereocenters. The third kappa shape index (κ3) is 4.87. The molecule has 2 aromatic rings. The van der Waals surface area contributed by atoms with Crippen LogP contribution in [0.25, 0.3) is 0 Å². The van der Waals surface area contributed by atoms with E-state index in [9.17, 15) is 9.59 Å². The van der Waals surface area contributed by atoms with Crippen LogP contribution in [0.2, 0.25) is 5.02 Å². The first-order chi connectivity index (χ1) is 11.9. The molecule has 0 saturated carbocycles. The van der Waals surface area contributed by atoms with E-state index in [0.717, 1.165) is 0 Å². The molecular formula is C18H18ClNO5. The lowest BCUT2D eigenvalue weighted by atomic mass is 10.0. The van der Waals surface area contributed by atoms with Gasteiger partial charge in [0.1, 0.15) is 0 Å². The number of carboxylic acid groups (broad SMARTS) is 1. The van der Waals surface area contributed by atoms with Crippen LogP contribution in [0.4, 0.5) is 0 Å². The van der Waals surface area contributed by atoms with Gasteiger partial charge in [-0.15, -0.1) is 0 Å². The normalized spacial score (nSPS) is 11.5. The van der Waals surface area contributed by atoms with Crippen molar-refractivity contribution in [1.29, 1.82) is 0 Å². The van der Waals surface area contributed by atoms with Crippen LogP contribution in [0.3, 0.4) is 0 Å². The molecule has 0 heterocycles. The third-order valence-corrected chi connectivity index (χ3v) is 3.85. The molecule has 0 aliphatic carbocycles. The fourth-order valence-electron chi connectivity index (χ4n) is 2.34. The monoisotopic (exact) mass is 363 g/mol. The van der Waals surface area contributed by atoms with Gasteiger partial charge in [0.25, 0.3) is 5.91 Å². The summed E-state index contributed by atoms with van der Waals surface area (Å²) in [6, 6.07) is 10.6. The number of halogens is 1. The van der Waals surface area contributed by atoms with E-state index < -0.39 is 17.9 Å². The number of ether oxygens (including phenoxy) is 2. The van der Waals surface area contributed by atoms with E-state index in [1.807, 2.05) is 0 Å². The van der Waals surface area contributed by atoms with Gasteiger partial charge in [-0.1, -0.05) is 17.7 Å². The number of carbonyl (C=O) groups excluding carboxylic acids is 1. The first-order valence-electron chi connectivity index (χ1n) is 7.44. The summed E-state index contributed by atoms with van der Waals surface area (Å²) in [6.07, 6.45) is -0.269. The maximum atomic E-state index is 12.4. The Labute approximate surface area is 150 Å². The maximum Gasteiger partial charge on any atom is 0.305 e. The molecule has 25 heavy (non-hydrogen) atoms. The van der Waals surface area contributed by atoms with Crippen molar-refractivity contribution < 1.29 is 24.2 Å². The Hall–Kier alpha value is -2.73. The second-order valence-electron chi connectivity index (χ2n) is 5.25. The lowest BCUT2D eigenvalue weighted by molar-refractivity contribution is -0.137. The first kappa shape index (κ1) is 18.6. The van der Waals surface area contributed by atoms with Crippen LogP contribution in [0.5, 0.6) is 11.5 Å². The number of carbonyl (C=O) groups is 2. The van der Waals surface area contributed by atoms with Crippen molar-refractivity contribution in [3.05, 3.63) is 58.6 Å². The van der Waals surface area contributed by atoms with Crippen molar-refractivity contribution in [2.24, 2.45) is 0 Å². The van der Waals surface area contributed by atoms with Crippen LogP contribution in [-0.4, -0.2) is 31.2 Å². The second-order valence-corrected chi connectivity index (χ2v) is 5.68. The average Bonchev–Trinajstić information content (AvgIpc) is 2.60. The molecule has 0 bridgehead atoms. The van der Waals surface area contributed by atoms with E-state index in [1.54, 1.807) is 42.5 Å². The molecule has 132 valence electrons. The molecule has 6 nitrogen and oxygen atoms in total. The van der Waals surface area contributed by atoms with E-state index in [-0.39, 0.29) is 6.42 Å². The molecule has 0 saturated heterocycles. The molecule has 2 aromatic carbocycles. The number of methoxy groups -OCH3 is 2. The summed E-state index contributed by atoms with van der Waals surface area (Å²) in [5, 5.41) is 12.4. The van der Waals surface area contributed by atoms with Crippen LogP contribution in [0.1, 0.15) is 28.4 Å². The summed E-state index contributed by atoms with van der Waals surface area (Å²) in [5.74, 6) is -0.450. The maximum absolute atomic E-state index is 12.4. The summed E-state index contributed by atoms with van der Waals surface area (Å²) in [7, 11) is 2.99. The highest BCUT2D eigenvalue weighted by Crippen LogP contribution is 2.31. The molecule has 0 aliphatic heterocycles. The second kappa shape index (κ2) is 8.39. The lowest BCUT2D eigenvalue weighted by Gasteiger charge is -2.19. The minimum atomic E-state index is -1.03. The molecule has 1 amide bonds. The average molecular weight is 364 g/mol. The number of aliphatic carboxylic acids is 1. The molecule has 7 heteroatoms. The molecular weight excluding hydrogens is 346 g/mol. The van der Waals surface area contributed by atoms with E-state index >= 15 is 0 Å². The van der Waals surface area contributed by atoms with E-state index in [0.29, 0.717) is 27.6 Å². The van der Waals surface area contributed by atoms with Crippen molar-refractivity contribution in [2.75, 3.05) is 14.2 Å². The van der Waals surface area contributed by atoms with Gasteiger partial charge in [-0.3, -0.25) is 9.59 Å². The van der Waals surface area contributed by atoms with E-state index in [1.165, 1.54) is 14.2 Å². The van der Waals surface area contributed by atoms with Crippen LogP contribution in [0, 0.1) is 0 Å². The Morgan fingerprint density at radius 3 is 2.28 bits per heavy atom. The van der Waals surface area contributed by atoms with Gasteiger partial charge >= 0.3 is 5.97 Å². The third-order valence-electron chi connectivity index (χ3n) is 3.60. The minimum absolute atomic E-state index is 0.269. The number of rotatable bonds is 7. The standard InChI is InChI=1S/C18H18ClNO5/c1-24-15-8-5-12(9-16(15)25-2)14(10-17(21)22)20-18(23)11-3-6-13(19)7-4-11/h3-9,14H,10H2,1-2H3,(H,20,23)(H,21,22)/t14-/m0/s1. The van der Waals surface area contributed by atoms with Crippen molar-refractivity contribution in [2.45, 2.75) is 12.5 Å². The van der Waals surface area contributed by atoms with E-state index in [4.69, 9.17) is 26.2 Å². The van der Waals surface area contributed by atoms with Gasteiger partial charge in [-0.2, -0.15) is 0 Å². The highest BCUT2D eigenvalue weighted by Gasteiger charge is 2.20. The SMILES string of the molecule is COc1ccc([C@H](CC(=O)O)NC(=O)c2ccc(Cl)cc2)cc1OC. The number of hydrogen-bond donors (Lipinski definition) is 2. The Kier molecular flexibility index (Phi) is 6.25. The quantitative estimate of drug-likeness (QED) is 0.788. The molecule has 2 N–H and O–H groups in total. The van der Waals surface area contributed by atoms with Crippen LogP contribution >= 0.6 is 11.6 Å². The smallest absolute Gasteiger partial charge is 0.305 e. The summed E-state index contributed by atoms with van der Waals surface area (Å²) in [6.45, 7) is 0. The number of hydrogen-bond acceptors (Lipinski definition) is 4. The Morgan fingerprint density at radius 2 is 1.72 bits per heavy atom. The Morgan fingerprint density at radius 1 is 1.08 bits per heavy atom. The van der Waals surface area contributed by atoms with Gasteiger partial charge < -0.3 is 19.9 Å². The van der Waals surface area contributed by atoms with Gasteiger partial charge in [0.05, 0.1) is 26.7 Å². The summed E-state index contributed by atoms with van der Waals surface area (Å²) < 4.78 is 10.4. The first-order valence-corrected chi connectivity index (χ1v) is 7.82. The van der Waals surface area contributed by atoms with Crippen molar-refractivity contribution in [3.8, 4) is 11.5 Å². The topological polar surface area (TPSA) is 84.9 Å². The summed E-state index contributed by atoms with van der Waals surface area (Å²) in [5.41, 5.74) is 0.989. The summed E-state index contributed by atoms with van der Waals surface area (Å²) >= 11 is 5.81. The van der Waals surface area contributed by atoms with Gasteiger partial charge in [0.15, 0.2) is 11.5 Å². The largest absolute Gasteiger partial charge is 0.493 e. The van der Waals surface area contributed by atoms with Gasteiger partial charge in [-0.05, 0) is 42.0 Å². The zero-order valence-electron chi connectivity index (χ0n) is 13.8. The zero-order valence-corrected chi connectivity index (χ0v) is 14.5. The zero-order chi connectivity index (χ0) is 18.4. The highest BCUT2D eigenvalue weighted by atomic mass is 35.5. The fourth-order valence-corrected chi connectivity index (χ4v) is 2.47. The number of amides is 1. The van der Waals surface area contributed by atoms with Crippen LogP contribution < -0.4 is 14.8 Å². The highest BCUT2D eigenvalue weighted by molar-refractivity contribution is 6.30. The van der Waals surface area contributed by atoms with Crippen molar-refractivity contribution in [1.82, 2.24) is 5.32 Å². The minimum Gasteiger partial charge on any atom is -0.493 e. The van der Waals surface area contributed by atoms with Crippen LogP contribution in [0.15, 0.2) is 42.5 Å². The molecule has 1 atom stereocenters. The van der Waals surface area contributed by atoms with Crippen molar-refractivity contribution >= 4 is 23.5 Å². The molecule has 2 rings (SSSR count). The molecule has 0 fully saturated rings. The summed E-state index contributed by atoms with van der Waals surface area (Å²) in [4.78, 5) is 23.6. The molecule has 0 radical (unpaired) electrons.